The van der Waals surface area contributed by atoms with Crippen molar-refractivity contribution in [2.45, 2.75) is 37.5 Å². The van der Waals surface area contributed by atoms with Gasteiger partial charge in [0.2, 0.25) is 0 Å². The minimum absolute atomic E-state index is 0.549. The van der Waals surface area contributed by atoms with Gasteiger partial charge >= 0.3 is 5.97 Å². The van der Waals surface area contributed by atoms with Crippen LogP contribution in [0.3, 0.4) is 0 Å². The lowest BCUT2D eigenvalue weighted by Crippen LogP contribution is -2.68. The molecule has 0 unspecified atom stereocenters. The molecular formula is C10H20N2O8. The van der Waals surface area contributed by atoms with Gasteiger partial charge in [0.25, 0.3) is 0 Å². The van der Waals surface area contributed by atoms with Crippen molar-refractivity contribution in [1.82, 2.24) is 0 Å². The van der Waals surface area contributed by atoms with E-state index in [-0.39, 0.29) is 0 Å². The van der Waals surface area contributed by atoms with E-state index in [4.69, 9.17) is 15.3 Å². The summed E-state index contributed by atoms with van der Waals surface area (Å²) in [5.74, 6) is -4.88. The molecule has 9 N–H and O–H groups in total. The van der Waals surface area contributed by atoms with Gasteiger partial charge in [-0.3, -0.25) is 0 Å². The summed E-state index contributed by atoms with van der Waals surface area (Å²) in [6.07, 6.45) is -2.24. The molecule has 0 spiro atoms. The van der Waals surface area contributed by atoms with Crippen molar-refractivity contribution in [3.63, 3.8) is 0 Å². The molecule has 0 aliphatic carbocycles. The molecule has 0 amide bonds. The average Bonchev–Trinajstić information content (AvgIpc) is 2.37. The molecule has 0 aliphatic heterocycles. The highest BCUT2D eigenvalue weighted by Gasteiger charge is 2.23. The van der Waals surface area contributed by atoms with Gasteiger partial charge in [-0.1, -0.05) is 0 Å². The lowest BCUT2D eigenvalue weighted by Gasteiger charge is -2.13. The molecule has 0 aliphatic rings. The fraction of sp³-hybridized carbons (Fsp3) is 0.700. The maximum atomic E-state index is 10.1. The number of hydrogen-bond donors (Lipinski definition) is 5. The molecule has 20 heavy (non-hydrogen) atoms. The van der Waals surface area contributed by atoms with Gasteiger partial charge in [0.15, 0.2) is 6.10 Å². The van der Waals surface area contributed by atoms with Gasteiger partial charge in [-0.25, -0.2) is 4.79 Å². The third-order valence-corrected chi connectivity index (χ3v) is 2.18. The van der Waals surface area contributed by atoms with Crippen molar-refractivity contribution in [2.75, 3.05) is 6.54 Å². The first kappa shape index (κ1) is 20.6. The number of carboxylic acids is 3. The second kappa shape index (κ2) is 11.1. The largest absolute Gasteiger partial charge is 0.547 e. The third-order valence-electron chi connectivity index (χ3n) is 2.18. The molecule has 0 fully saturated rings. The van der Waals surface area contributed by atoms with Gasteiger partial charge in [-0.05, 0) is 12.8 Å². The summed E-state index contributed by atoms with van der Waals surface area (Å²) in [5, 5.41) is 44.2. The van der Waals surface area contributed by atoms with Crippen LogP contribution in [0, 0.1) is 0 Å². The summed E-state index contributed by atoms with van der Waals surface area (Å²) >= 11 is 0. The molecule has 3 atom stereocenters. The molecule has 118 valence electrons. The Morgan fingerprint density at radius 1 is 1.00 bits per heavy atom. The van der Waals surface area contributed by atoms with E-state index in [0.717, 1.165) is 19.4 Å². The zero-order chi connectivity index (χ0) is 16.3. The molecule has 0 radical (unpaired) electrons. The highest BCUT2D eigenvalue weighted by molar-refractivity contribution is 5.82. The van der Waals surface area contributed by atoms with Crippen LogP contribution in [-0.2, 0) is 14.4 Å². The van der Waals surface area contributed by atoms with E-state index >= 15 is 0 Å². The van der Waals surface area contributed by atoms with E-state index in [1.54, 1.807) is 0 Å². The van der Waals surface area contributed by atoms with E-state index in [2.05, 4.69) is 11.5 Å². The molecule has 0 aromatic heterocycles. The number of unbranched alkanes of at least 4 members (excludes halogenated alkanes) is 1. The van der Waals surface area contributed by atoms with E-state index in [1.807, 2.05) is 0 Å². The predicted octanol–water partition coefficient (Wildman–Crippen LogP) is -6.70. The lowest BCUT2D eigenvalue weighted by molar-refractivity contribution is -0.439. The van der Waals surface area contributed by atoms with Crippen LogP contribution in [0.25, 0.3) is 0 Å². The molecule has 0 saturated carbocycles. The van der Waals surface area contributed by atoms with Crippen molar-refractivity contribution in [3.05, 3.63) is 0 Å². The monoisotopic (exact) mass is 296 g/mol. The highest BCUT2D eigenvalue weighted by Crippen LogP contribution is 1.94. The normalized spacial score (nSPS) is 14.4. The van der Waals surface area contributed by atoms with E-state index < -0.39 is 36.2 Å². The van der Waals surface area contributed by atoms with Crippen molar-refractivity contribution in [1.29, 1.82) is 0 Å². The Balaban J connectivity index is 0. The van der Waals surface area contributed by atoms with Crippen molar-refractivity contribution in [2.24, 2.45) is 0 Å². The maximum absolute atomic E-state index is 10.1. The van der Waals surface area contributed by atoms with E-state index in [9.17, 15) is 24.6 Å². The fourth-order valence-electron chi connectivity index (χ4n) is 0.949. The van der Waals surface area contributed by atoms with E-state index in [0.29, 0.717) is 6.42 Å². The lowest BCUT2D eigenvalue weighted by atomic mass is 10.1. The number of hydrogen-bond acceptors (Lipinski definition) is 7. The van der Waals surface area contributed by atoms with Crippen LogP contribution >= 0.6 is 0 Å². The number of carboxylic acid groups (broad SMARTS) is 3. The highest BCUT2D eigenvalue weighted by atomic mass is 16.4. The molecule has 0 bridgehead atoms. The number of aliphatic hydroxyl groups excluding tert-OH is 2. The molecule has 0 rings (SSSR count). The number of aliphatic carboxylic acids is 3. The quantitative estimate of drug-likeness (QED) is 0.271. The Kier molecular flexibility index (Phi) is 11.4. The Labute approximate surface area is 114 Å². The molecule has 10 heteroatoms. The van der Waals surface area contributed by atoms with Gasteiger partial charge in [0.1, 0.15) is 12.1 Å². The van der Waals surface area contributed by atoms with Crippen LogP contribution in [0.15, 0.2) is 0 Å². The Hall–Kier alpha value is -1.75. The van der Waals surface area contributed by atoms with Crippen LogP contribution in [0.5, 0.6) is 0 Å². The van der Waals surface area contributed by atoms with Crippen LogP contribution in [0.4, 0.5) is 0 Å². The molecule has 0 heterocycles. The van der Waals surface area contributed by atoms with Crippen molar-refractivity contribution < 1.29 is 51.4 Å². The van der Waals surface area contributed by atoms with Gasteiger partial charge in [0, 0.05) is 6.42 Å². The first-order valence-electron chi connectivity index (χ1n) is 5.78. The summed E-state index contributed by atoms with van der Waals surface area (Å²) in [6, 6.07) is -0.549. The van der Waals surface area contributed by atoms with Gasteiger partial charge in [-0.15, -0.1) is 0 Å². The van der Waals surface area contributed by atoms with Crippen LogP contribution in [-0.4, -0.2) is 58.0 Å². The first-order chi connectivity index (χ1) is 9.14. The fourth-order valence-corrected chi connectivity index (χ4v) is 0.949. The SMILES string of the molecule is O=C([O-])[C@H](O)[C@@H](O)C(=O)O.[NH3+]CCCC[C@H]([NH3+])C(=O)[O-]. The molecule has 10 nitrogen and oxygen atoms in total. The second-order valence-corrected chi connectivity index (χ2v) is 3.91. The number of carbonyl (C=O) groups excluding carboxylic acids is 2. The summed E-state index contributed by atoms with van der Waals surface area (Å²) in [5.41, 5.74) is 7.07. The first-order valence-corrected chi connectivity index (χ1v) is 5.78. The zero-order valence-electron chi connectivity index (χ0n) is 10.9. The summed E-state index contributed by atoms with van der Waals surface area (Å²) in [7, 11) is 0. The summed E-state index contributed by atoms with van der Waals surface area (Å²) < 4.78 is 0. The van der Waals surface area contributed by atoms with Crippen LogP contribution in [0.1, 0.15) is 19.3 Å². The standard InChI is InChI=1S/C6H14N2O2.C4H6O6/c7-4-2-1-3-5(8)6(9)10;5-1(3(7)8)2(6)4(9)10/h5H,1-4,7-8H2,(H,9,10);1-2,5-6H,(H,7,8)(H,9,10)/t5-;1-,2-/m01/s1. The third kappa shape index (κ3) is 10.2. The smallest absolute Gasteiger partial charge is 0.335 e. The summed E-state index contributed by atoms with van der Waals surface area (Å²) in [4.78, 5) is 29.5. The molecule has 0 aromatic rings. The van der Waals surface area contributed by atoms with E-state index in [1.165, 1.54) is 0 Å². The Morgan fingerprint density at radius 2 is 1.50 bits per heavy atom. The van der Waals surface area contributed by atoms with Crippen LogP contribution in [0.2, 0.25) is 0 Å². The summed E-state index contributed by atoms with van der Waals surface area (Å²) in [6.45, 7) is 0.861. The predicted molar refractivity (Wildman–Crippen MR) is 57.9 cm³/mol. The minimum Gasteiger partial charge on any atom is -0.547 e. The zero-order valence-corrected chi connectivity index (χ0v) is 10.9. The van der Waals surface area contributed by atoms with Gasteiger partial charge < -0.3 is 46.6 Å². The maximum Gasteiger partial charge on any atom is 0.335 e. The topological polar surface area (TPSA) is 213 Å². The Bertz CT molecular complexity index is 304. The average molecular weight is 296 g/mol. The number of carbonyl (C=O) groups is 3. The van der Waals surface area contributed by atoms with Crippen molar-refractivity contribution >= 4 is 17.9 Å². The molecule has 0 aromatic carbocycles. The Morgan fingerprint density at radius 3 is 1.75 bits per heavy atom. The number of quaternary nitrogens is 2. The number of rotatable bonds is 8. The molecular weight excluding hydrogens is 276 g/mol. The number of aliphatic hydroxyl groups is 2. The minimum atomic E-state index is -2.38. The second-order valence-electron chi connectivity index (χ2n) is 3.91. The van der Waals surface area contributed by atoms with Gasteiger partial charge in [0.05, 0.1) is 18.5 Å². The van der Waals surface area contributed by atoms with Crippen LogP contribution < -0.4 is 21.7 Å². The van der Waals surface area contributed by atoms with Gasteiger partial charge in [-0.2, -0.15) is 0 Å². The van der Waals surface area contributed by atoms with Crippen molar-refractivity contribution in [3.8, 4) is 0 Å². The molecule has 0 saturated heterocycles.